The van der Waals surface area contributed by atoms with Gasteiger partial charge in [0.15, 0.2) is 0 Å². The highest BCUT2D eigenvalue weighted by Gasteiger charge is 2.24. The van der Waals surface area contributed by atoms with Crippen LogP contribution in [0, 0.1) is 11.7 Å². The minimum absolute atomic E-state index is 0.166. The van der Waals surface area contributed by atoms with Crippen molar-refractivity contribution in [1.82, 2.24) is 9.55 Å². The molecule has 2 nitrogen and oxygen atoms in total. The summed E-state index contributed by atoms with van der Waals surface area (Å²) in [5.41, 5.74) is 1.73. The Morgan fingerprint density at radius 3 is 2.86 bits per heavy atom. The molecule has 21 heavy (non-hydrogen) atoms. The average Bonchev–Trinajstić information content (AvgIpc) is 2.68. The van der Waals surface area contributed by atoms with Crippen molar-refractivity contribution >= 4 is 22.6 Å². The average molecular weight is 309 g/mol. The van der Waals surface area contributed by atoms with Crippen molar-refractivity contribution in [3.05, 3.63) is 29.8 Å². The Morgan fingerprint density at radius 2 is 2.10 bits per heavy atom. The predicted molar refractivity (Wildman–Crippen MR) is 85.2 cm³/mol. The van der Waals surface area contributed by atoms with Crippen LogP contribution in [0.3, 0.4) is 0 Å². The molecule has 3 rings (SSSR count). The van der Waals surface area contributed by atoms with Crippen molar-refractivity contribution in [2.24, 2.45) is 5.92 Å². The molecule has 0 saturated heterocycles. The van der Waals surface area contributed by atoms with E-state index in [-0.39, 0.29) is 11.2 Å². The second-order valence-corrected chi connectivity index (χ2v) is 7.01. The van der Waals surface area contributed by atoms with Crippen LogP contribution >= 0.6 is 11.6 Å². The Bertz CT molecular complexity index is 635. The van der Waals surface area contributed by atoms with E-state index < -0.39 is 0 Å². The number of benzene rings is 1. The van der Waals surface area contributed by atoms with Crippen molar-refractivity contribution < 1.29 is 4.39 Å². The summed E-state index contributed by atoms with van der Waals surface area (Å²) in [6, 6.07) is 5.30. The lowest BCUT2D eigenvalue weighted by Crippen LogP contribution is -2.12. The standard InChI is InChI=1S/C17H22ClFN2/c1-11-4-3-5-14(8-6-11)21-16-9-7-13(19)10-15(16)20-17(21)12(2)18/h7,9-12,14H,3-6,8H2,1-2H3. The van der Waals surface area contributed by atoms with E-state index in [9.17, 15) is 4.39 Å². The van der Waals surface area contributed by atoms with Gasteiger partial charge in [0.05, 0.1) is 16.4 Å². The highest BCUT2D eigenvalue weighted by Crippen LogP contribution is 2.36. The van der Waals surface area contributed by atoms with Crippen LogP contribution in [0.4, 0.5) is 4.39 Å². The van der Waals surface area contributed by atoms with Gasteiger partial charge in [-0.15, -0.1) is 11.6 Å². The maximum atomic E-state index is 13.5. The topological polar surface area (TPSA) is 17.8 Å². The summed E-state index contributed by atoms with van der Waals surface area (Å²) in [5.74, 6) is 1.42. The number of alkyl halides is 1. The van der Waals surface area contributed by atoms with Gasteiger partial charge in [0.25, 0.3) is 0 Å². The Labute approximate surface area is 130 Å². The van der Waals surface area contributed by atoms with Crippen LogP contribution in [-0.2, 0) is 0 Å². The van der Waals surface area contributed by atoms with E-state index in [2.05, 4.69) is 16.5 Å². The lowest BCUT2D eigenvalue weighted by Gasteiger charge is -2.21. The first-order valence-corrected chi connectivity index (χ1v) is 8.31. The molecule has 0 aliphatic heterocycles. The van der Waals surface area contributed by atoms with Gasteiger partial charge in [-0.1, -0.05) is 19.8 Å². The molecule has 114 valence electrons. The maximum absolute atomic E-state index is 13.5. The number of nitrogens with zero attached hydrogens (tertiary/aromatic N) is 2. The van der Waals surface area contributed by atoms with Crippen LogP contribution in [0.25, 0.3) is 11.0 Å². The Morgan fingerprint density at radius 1 is 1.29 bits per heavy atom. The van der Waals surface area contributed by atoms with Gasteiger partial charge in [-0.05, 0) is 44.2 Å². The molecular formula is C17H22ClFN2. The number of fused-ring (bicyclic) bond motifs is 1. The number of halogens is 2. The highest BCUT2D eigenvalue weighted by molar-refractivity contribution is 6.20. The van der Waals surface area contributed by atoms with E-state index >= 15 is 0 Å². The van der Waals surface area contributed by atoms with Gasteiger partial charge < -0.3 is 4.57 Å². The quantitative estimate of drug-likeness (QED) is 0.520. The third kappa shape index (κ3) is 2.94. The van der Waals surface area contributed by atoms with Crippen molar-refractivity contribution in [1.29, 1.82) is 0 Å². The van der Waals surface area contributed by atoms with Gasteiger partial charge in [0.1, 0.15) is 11.6 Å². The van der Waals surface area contributed by atoms with Crippen molar-refractivity contribution in [2.45, 2.75) is 57.4 Å². The molecule has 1 aliphatic carbocycles. The van der Waals surface area contributed by atoms with Crippen LogP contribution in [0.15, 0.2) is 18.2 Å². The van der Waals surface area contributed by atoms with E-state index in [1.54, 1.807) is 0 Å². The van der Waals surface area contributed by atoms with Crippen LogP contribution in [-0.4, -0.2) is 9.55 Å². The van der Waals surface area contributed by atoms with Gasteiger partial charge in [-0.25, -0.2) is 9.37 Å². The van der Waals surface area contributed by atoms with Crippen LogP contribution < -0.4 is 0 Å². The second-order valence-electron chi connectivity index (χ2n) is 6.36. The summed E-state index contributed by atoms with van der Waals surface area (Å²) in [6.07, 6.45) is 6.08. The van der Waals surface area contributed by atoms with Crippen LogP contribution in [0.2, 0.25) is 0 Å². The normalized spacial score (nSPS) is 25.0. The molecule has 4 heteroatoms. The number of imidazole rings is 1. The molecule has 1 saturated carbocycles. The first-order chi connectivity index (χ1) is 10.1. The number of rotatable bonds is 2. The van der Waals surface area contributed by atoms with Gasteiger partial charge in [0, 0.05) is 12.1 Å². The Hall–Kier alpha value is -1.09. The van der Waals surface area contributed by atoms with Crippen LogP contribution in [0.5, 0.6) is 0 Å². The van der Waals surface area contributed by atoms with Gasteiger partial charge in [0.2, 0.25) is 0 Å². The summed E-state index contributed by atoms with van der Waals surface area (Å²) in [6.45, 7) is 4.27. The summed E-state index contributed by atoms with van der Waals surface area (Å²) in [4.78, 5) is 4.59. The monoisotopic (exact) mass is 308 g/mol. The van der Waals surface area contributed by atoms with Crippen LogP contribution in [0.1, 0.15) is 63.2 Å². The molecule has 1 aliphatic rings. The third-order valence-electron chi connectivity index (χ3n) is 4.63. The molecule has 1 aromatic heterocycles. The van der Waals surface area contributed by atoms with Gasteiger partial charge >= 0.3 is 0 Å². The molecule has 1 heterocycles. The molecule has 0 bridgehead atoms. The maximum Gasteiger partial charge on any atom is 0.127 e. The first kappa shape index (κ1) is 14.8. The Balaban J connectivity index is 2.08. The fourth-order valence-electron chi connectivity index (χ4n) is 3.48. The Kier molecular flexibility index (Phi) is 4.21. The minimum atomic E-state index is -0.240. The zero-order valence-corrected chi connectivity index (χ0v) is 13.4. The number of aromatic nitrogens is 2. The first-order valence-electron chi connectivity index (χ1n) is 7.87. The lowest BCUT2D eigenvalue weighted by molar-refractivity contribution is 0.430. The highest BCUT2D eigenvalue weighted by atomic mass is 35.5. The molecule has 0 N–H and O–H groups in total. The fourth-order valence-corrected chi connectivity index (χ4v) is 3.63. The molecular weight excluding hydrogens is 287 g/mol. The van der Waals surface area contributed by atoms with Crippen molar-refractivity contribution in [3.8, 4) is 0 Å². The largest absolute Gasteiger partial charge is 0.324 e. The van der Waals surface area contributed by atoms with Gasteiger partial charge in [-0.2, -0.15) is 0 Å². The molecule has 1 aromatic carbocycles. The second kappa shape index (κ2) is 5.96. The predicted octanol–water partition coefficient (Wildman–Crippen LogP) is 5.62. The number of hydrogen-bond acceptors (Lipinski definition) is 1. The molecule has 0 spiro atoms. The van der Waals surface area contributed by atoms with E-state index in [0.29, 0.717) is 6.04 Å². The lowest BCUT2D eigenvalue weighted by atomic mass is 10.0. The SMILES string of the molecule is CC1CCCC(n2c(C(C)Cl)nc3cc(F)ccc32)CC1. The molecule has 0 radical (unpaired) electrons. The van der Waals surface area contributed by atoms with E-state index in [1.165, 1.54) is 31.4 Å². The molecule has 1 fully saturated rings. The van der Waals surface area contributed by atoms with E-state index in [0.717, 1.165) is 35.6 Å². The summed E-state index contributed by atoms with van der Waals surface area (Å²) >= 11 is 6.33. The zero-order chi connectivity index (χ0) is 15.0. The van der Waals surface area contributed by atoms with Crippen molar-refractivity contribution in [2.75, 3.05) is 0 Å². The van der Waals surface area contributed by atoms with Crippen molar-refractivity contribution in [3.63, 3.8) is 0 Å². The zero-order valence-electron chi connectivity index (χ0n) is 12.6. The van der Waals surface area contributed by atoms with Gasteiger partial charge in [-0.3, -0.25) is 0 Å². The molecule has 3 atom stereocenters. The molecule has 0 amide bonds. The summed E-state index contributed by atoms with van der Waals surface area (Å²) in [5, 5.41) is -0.166. The fraction of sp³-hybridized carbons (Fsp3) is 0.588. The minimum Gasteiger partial charge on any atom is -0.324 e. The third-order valence-corrected chi connectivity index (χ3v) is 4.82. The summed E-state index contributed by atoms with van der Waals surface area (Å²) in [7, 11) is 0. The van der Waals surface area contributed by atoms with E-state index in [4.69, 9.17) is 11.6 Å². The smallest absolute Gasteiger partial charge is 0.127 e. The number of hydrogen-bond donors (Lipinski definition) is 0. The summed E-state index contributed by atoms with van der Waals surface area (Å²) < 4.78 is 15.7. The molecule has 3 unspecified atom stereocenters. The van der Waals surface area contributed by atoms with E-state index in [1.807, 2.05) is 13.0 Å². The molecule has 2 aromatic rings.